The average molecular weight is 244 g/mol. The lowest BCUT2D eigenvalue weighted by Crippen LogP contribution is -2.21. The van der Waals surface area contributed by atoms with Gasteiger partial charge in [-0.2, -0.15) is 0 Å². The van der Waals surface area contributed by atoms with Crippen molar-refractivity contribution >= 4 is 11.6 Å². The van der Waals surface area contributed by atoms with Gasteiger partial charge >= 0.3 is 0 Å². The number of ether oxygens (including phenoxy) is 2. The smallest absolute Gasteiger partial charge is 0.168 e. The van der Waals surface area contributed by atoms with Gasteiger partial charge in [0, 0.05) is 17.7 Å². The zero-order valence-corrected chi connectivity index (χ0v) is 9.75. The summed E-state index contributed by atoms with van der Waals surface area (Å²) in [7, 11) is 0. The van der Waals surface area contributed by atoms with Crippen molar-refractivity contribution in [2.75, 3.05) is 13.2 Å². The average Bonchev–Trinajstić information content (AvgIpc) is 2.24. The molecule has 0 fully saturated rings. The van der Waals surface area contributed by atoms with Gasteiger partial charge in [0.25, 0.3) is 0 Å². The summed E-state index contributed by atoms with van der Waals surface area (Å²) in [6.45, 7) is 2.82. The minimum atomic E-state index is -0.0843. The first-order valence-corrected chi connectivity index (χ1v) is 5.53. The van der Waals surface area contributed by atoms with Crippen molar-refractivity contribution in [1.82, 2.24) is 0 Å². The molecule has 88 valence electrons. The Kier molecular flexibility index (Phi) is 3.12. The number of phenolic OH excluding ortho intramolecular Hbond substituents is 1. The number of nitrogens with two attached hydrogens (primary N) is 1. The quantitative estimate of drug-likeness (QED) is 0.830. The highest BCUT2D eigenvalue weighted by Crippen LogP contribution is 2.43. The van der Waals surface area contributed by atoms with E-state index < -0.39 is 0 Å². The first kappa shape index (κ1) is 11.4. The van der Waals surface area contributed by atoms with Crippen LogP contribution in [0.3, 0.4) is 0 Å². The molecule has 1 aliphatic heterocycles. The number of hydrogen-bond donors (Lipinski definition) is 2. The van der Waals surface area contributed by atoms with Crippen LogP contribution < -0.4 is 15.2 Å². The monoisotopic (exact) mass is 243 g/mol. The zero-order valence-electron chi connectivity index (χ0n) is 9.00. The Hall–Kier alpha value is -1.13. The third-order valence-corrected chi connectivity index (χ3v) is 2.67. The second kappa shape index (κ2) is 4.39. The third-order valence-electron chi connectivity index (χ3n) is 2.38. The predicted molar refractivity (Wildman–Crippen MR) is 61.5 cm³/mol. The molecule has 3 N–H and O–H groups in total. The van der Waals surface area contributed by atoms with E-state index in [-0.39, 0.29) is 16.8 Å². The van der Waals surface area contributed by atoms with Crippen molar-refractivity contribution in [2.24, 2.45) is 5.73 Å². The summed E-state index contributed by atoms with van der Waals surface area (Å²) >= 11 is 5.91. The molecule has 0 amide bonds. The molecule has 0 radical (unpaired) electrons. The molecule has 0 aromatic heterocycles. The minimum Gasteiger partial charge on any atom is -0.506 e. The van der Waals surface area contributed by atoms with Crippen LogP contribution in [-0.4, -0.2) is 24.4 Å². The molecule has 0 aliphatic carbocycles. The van der Waals surface area contributed by atoms with Gasteiger partial charge in [0.15, 0.2) is 11.5 Å². The maximum atomic E-state index is 9.88. The molecule has 2 rings (SSSR count). The first-order chi connectivity index (χ1) is 7.59. The molecular formula is C11H14ClNO3. The molecule has 16 heavy (non-hydrogen) atoms. The molecular weight excluding hydrogens is 230 g/mol. The van der Waals surface area contributed by atoms with E-state index in [0.29, 0.717) is 36.7 Å². The molecule has 1 atom stereocenters. The van der Waals surface area contributed by atoms with Gasteiger partial charge in [0.1, 0.15) is 19.0 Å². The predicted octanol–water partition coefficient (Wildman–Crippen LogP) is 1.71. The second-order valence-electron chi connectivity index (χ2n) is 3.89. The second-order valence-corrected chi connectivity index (χ2v) is 4.30. The fourth-order valence-corrected chi connectivity index (χ4v) is 1.93. The van der Waals surface area contributed by atoms with Crippen LogP contribution in [0.5, 0.6) is 17.2 Å². The Bertz CT molecular complexity index is 407. The van der Waals surface area contributed by atoms with E-state index in [1.807, 2.05) is 6.92 Å². The van der Waals surface area contributed by atoms with Crippen LogP contribution in [0.4, 0.5) is 0 Å². The summed E-state index contributed by atoms with van der Waals surface area (Å²) in [4.78, 5) is 0. The van der Waals surface area contributed by atoms with Crippen molar-refractivity contribution in [2.45, 2.75) is 19.4 Å². The number of hydrogen-bond acceptors (Lipinski definition) is 4. The summed E-state index contributed by atoms with van der Waals surface area (Å²) in [6.07, 6.45) is 0.498. The lowest BCUT2D eigenvalue weighted by atomic mass is 10.0. The molecule has 4 nitrogen and oxygen atoms in total. The van der Waals surface area contributed by atoms with Gasteiger partial charge in [0.05, 0.1) is 5.02 Å². The number of halogens is 1. The molecule has 1 aromatic carbocycles. The van der Waals surface area contributed by atoms with Crippen molar-refractivity contribution in [1.29, 1.82) is 0 Å². The van der Waals surface area contributed by atoms with Gasteiger partial charge in [-0.25, -0.2) is 0 Å². The molecule has 1 unspecified atom stereocenters. The van der Waals surface area contributed by atoms with Crippen LogP contribution in [0.25, 0.3) is 0 Å². The highest BCUT2D eigenvalue weighted by atomic mass is 35.5. The fraction of sp³-hybridized carbons (Fsp3) is 0.455. The number of rotatable bonds is 2. The summed E-state index contributed by atoms with van der Waals surface area (Å²) in [5, 5.41) is 10.1. The van der Waals surface area contributed by atoms with E-state index in [1.165, 1.54) is 0 Å². The molecule has 1 aromatic rings. The normalized spacial score (nSPS) is 15.9. The standard InChI is InChI=1S/C11H14ClNO3/c1-6(13)4-7-10(14)8(12)5-9-11(7)16-3-2-15-9/h5-6,14H,2-4,13H2,1H3. The van der Waals surface area contributed by atoms with Gasteiger partial charge in [0.2, 0.25) is 0 Å². The van der Waals surface area contributed by atoms with Crippen LogP contribution in [0.2, 0.25) is 5.02 Å². The Balaban J connectivity index is 2.50. The van der Waals surface area contributed by atoms with Crippen molar-refractivity contribution in [3.63, 3.8) is 0 Å². The number of phenols is 1. The summed E-state index contributed by atoms with van der Waals surface area (Å²) in [5.41, 5.74) is 6.35. The molecule has 0 saturated carbocycles. The summed E-state index contributed by atoms with van der Waals surface area (Å²) in [6, 6.07) is 1.48. The molecule has 1 heterocycles. The van der Waals surface area contributed by atoms with Gasteiger partial charge in [-0.15, -0.1) is 0 Å². The van der Waals surface area contributed by atoms with E-state index in [9.17, 15) is 5.11 Å². The lowest BCUT2D eigenvalue weighted by Gasteiger charge is -2.23. The summed E-state index contributed by atoms with van der Waals surface area (Å²) in [5.74, 6) is 1.17. The highest BCUT2D eigenvalue weighted by molar-refractivity contribution is 6.32. The van der Waals surface area contributed by atoms with Gasteiger partial charge < -0.3 is 20.3 Å². The van der Waals surface area contributed by atoms with E-state index in [2.05, 4.69) is 0 Å². The van der Waals surface area contributed by atoms with Gasteiger partial charge in [-0.3, -0.25) is 0 Å². The Morgan fingerprint density at radius 2 is 2.19 bits per heavy atom. The molecule has 0 saturated heterocycles. The zero-order chi connectivity index (χ0) is 11.7. The van der Waals surface area contributed by atoms with E-state index in [0.717, 1.165) is 0 Å². The minimum absolute atomic E-state index is 0.0308. The van der Waals surface area contributed by atoms with Crippen LogP contribution in [-0.2, 0) is 6.42 Å². The molecule has 0 spiro atoms. The van der Waals surface area contributed by atoms with E-state index >= 15 is 0 Å². The first-order valence-electron chi connectivity index (χ1n) is 5.15. The van der Waals surface area contributed by atoms with Crippen LogP contribution in [0.1, 0.15) is 12.5 Å². The molecule has 1 aliphatic rings. The van der Waals surface area contributed by atoms with Crippen molar-refractivity contribution in [3.05, 3.63) is 16.7 Å². The molecule has 0 bridgehead atoms. The number of fused-ring (bicyclic) bond motifs is 1. The Morgan fingerprint density at radius 1 is 1.50 bits per heavy atom. The maximum absolute atomic E-state index is 9.88. The third kappa shape index (κ3) is 2.03. The van der Waals surface area contributed by atoms with E-state index in [1.54, 1.807) is 6.07 Å². The van der Waals surface area contributed by atoms with Crippen LogP contribution in [0.15, 0.2) is 6.07 Å². The van der Waals surface area contributed by atoms with Crippen LogP contribution >= 0.6 is 11.6 Å². The largest absolute Gasteiger partial charge is 0.506 e. The number of aromatic hydroxyl groups is 1. The lowest BCUT2D eigenvalue weighted by molar-refractivity contribution is 0.169. The van der Waals surface area contributed by atoms with Crippen molar-refractivity contribution in [3.8, 4) is 17.2 Å². The van der Waals surface area contributed by atoms with E-state index in [4.69, 9.17) is 26.8 Å². The Labute approximate surface area is 98.9 Å². The van der Waals surface area contributed by atoms with Crippen molar-refractivity contribution < 1.29 is 14.6 Å². The fourth-order valence-electron chi connectivity index (χ4n) is 1.72. The highest BCUT2D eigenvalue weighted by Gasteiger charge is 2.22. The van der Waals surface area contributed by atoms with Gasteiger partial charge in [-0.05, 0) is 13.3 Å². The van der Waals surface area contributed by atoms with Crippen LogP contribution in [0, 0.1) is 0 Å². The number of benzene rings is 1. The maximum Gasteiger partial charge on any atom is 0.168 e. The SMILES string of the molecule is CC(N)Cc1c(O)c(Cl)cc2c1OCCO2. The Morgan fingerprint density at radius 3 is 2.88 bits per heavy atom. The van der Waals surface area contributed by atoms with Gasteiger partial charge in [-0.1, -0.05) is 11.6 Å². The summed E-state index contributed by atoms with van der Waals surface area (Å²) < 4.78 is 10.9. The topological polar surface area (TPSA) is 64.7 Å². The molecule has 5 heteroatoms.